The number of hydrogen-bond acceptors (Lipinski definition) is 3. The molecular weight excluding hydrogens is 229 g/mol. The van der Waals surface area contributed by atoms with Crippen LogP contribution in [0.1, 0.15) is 0 Å². The second kappa shape index (κ2) is 3.26. The summed E-state index contributed by atoms with van der Waals surface area (Å²) >= 11 is 0. The first-order chi connectivity index (χ1) is 5.90. The predicted octanol–water partition coefficient (Wildman–Crippen LogP) is 0.501. The standard InChI is InChI=1S/C4HF7O3/c5-2(6,1(12)13)3(7,8)14-4(9,10)11/h(H,12,13)/p-1. The summed E-state index contributed by atoms with van der Waals surface area (Å²) in [5.41, 5.74) is 0. The molecule has 3 nitrogen and oxygen atoms in total. The Labute approximate surface area is 71.1 Å². The van der Waals surface area contributed by atoms with Gasteiger partial charge in [-0.1, -0.05) is 0 Å². The van der Waals surface area contributed by atoms with Gasteiger partial charge in [0.05, 0.1) is 0 Å². The monoisotopic (exact) mass is 229 g/mol. The Morgan fingerprint density at radius 2 is 1.36 bits per heavy atom. The molecule has 0 bridgehead atoms. The van der Waals surface area contributed by atoms with Gasteiger partial charge in [0.25, 0.3) is 0 Å². The largest absolute Gasteiger partial charge is 0.544 e. The number of halogens is 7. The highest BCUT2D eigenvalue weighted by Gasteiger charge is 2.64. The number of carboxylic acids is 1. The summed E-state index contributed by atoms with van der Waals surface area (Å²) in [6.07, 6.45) is -12.3. The number of alkyl halides is 7. The zero-order valence-electron chi connectivity index (χ0n) is 5.87. The van der Waals surface area contributed by atoms with E-state index in [4.69, 9.17) is 0 Å². The maximum Gasteiger partial charge on any atom is 0.527 e. The van der Waals surface area contributed by atoms with Gasteiger partial charge in [-0.25, -0.2) is 4.74 Å². The smallest absolute Gasteiger partial charge is 0.527 e. The lowest BCUT2D eigenvalue weighted by Gasteiger charge is -2.26. The lowest BCUT2D eigenvalue weighted by molar-refractivity contribution is -0.469. The van der Waals surface area contributed by atoms with Gasteiger partial charge in [-0.15, -0.1) is 13.2 Å². The van der Waals surface area contributed by atoms with Crippen LogP contribution in [-0.4, -0.2) is 24.4 Å². The van der Waals surface area contributed by atoms with Crippen molar-refractivity contribution in [2.45, 2.75) is 18.4 Å². The number of carbonyl (C=O) groups is 1. The Kier molecular flexibility index (Phi) is 3.01. The van der Waals surface area contributed by atoms with Crippen LogP contribution in [0.4, 0.5) is 30.7 Å². The second-order valence-corrected chi connectivity index (χ2v) is 1.93. The van der Waals surface area contributed by atoms with Crippen LogP contribution in [0.5, 0.6) is 0 Å². The van der Waals surface area contributed by atoms with Gasteiger partial charge in [0.2, 0.25) is 0 Å². The average Bonchev–Trinajstić information content (AvgIpc) is 1.80. The van der Waals surface area contributed by atoms with Crippen molar-refractivity contribution in [3.8, 4) is 0 Å². The van der Waals surface area contributed by atoms with Crippen LogP contribution < -0.4 is 5.11 Å². The van der Waals surface area contributed by atoms with Crippen molar-refractivity contribution in [3.05, 3.63) is 0 Å². The summed E-state index contributed by atoms with van der Waals surface area (Å²) in [5, 5.41) is 9.37. The lowest BCUT2D eigenvalue weighted by atomic mass is 10.3. The highest BCUT2D eigenvalue weighted by atomic mass is 19.4. The zero-order valence-corrected chi connectivity index (χ0v) is 5.87. The third-order valence-corrected chi connectivity index (χ3v) is 0.866. The van der Waals surface area contributed by atoms with Gasteiger partial charge in [0.15, 0.2) is 0 Å². The van der Waals surface area contributed by atoms with Gasteiger partial charge in [-0.3, -0.25) is 0 Å². The molecule has 14 heavy (non-hydrogen) atoms. The van der Waals surface area contributed by atoms with E-state index in [1.54, 1.807) is 4.74 Å². The van der Waals surface area contributed by atoms with Crippen molar-refractivity contribution < 1.29 is 45.4 Å². The summed E-state index contributed by atoms with van der Waals surface area (Å²) < 4.78 is 82.2. The van der Waals surface area contributed by atoms with Gasteiger partial charge >= 0.3 is 18.4 Å². The quantitative estimate of drug-likeness (QED) is 0.662. The van der Waals surface area contributed by atoms with Crippen molar-refractivity contribution in [2.24, 2.45) is 0 Å². The van der Waals surface area contributed by atoms with Crippen LogP contribution in [-0.2, 0) is 9.53 Å². The molecule has 0 aliphatic heterocycles. The summed E-state index contributed by atoms with van der Waals surface area (Å²) in [4.78, 5) is 9.37. The Bertz CT molecular complexity index is 232. The predicted molar refractivity (Wildman–Crippen MR) is 22.0 cm³/mol. The van der Waals surface area contributed by atoms with E-state index in [1.807, 2.05) is 0 Å². The molecule has 0 N–H and O–H groups in total. The number of hydrogen-bond donors (Lipinski definition) is 0. The topological polar surface area (TPSA) is 49.4 Å². The molecule has 0 aromatic carbocycles. The third-order valence-electron chi connectivity index (χ3n) is 0.866. The first-order valence-electron chi connectivity index (χ1n) is 2.64. The van der Waals surface area contributed by atoms with E-state index in [9.17, 15) is 40.6 Å². The molecule has 0 radical (unpaired) electrons. The lowest BCUT2D eigenvalue weighted by Crippen LogP contribution is -2.56. The number of carboxylic acid groups (broad SMARTS) is 1. The maximum absolute atomic E-state index is 11.8. The normalized spacial score (nSPS) is 14.2. The number of ether oxygens (including phenoxy) is 1. The van der Waals surface area contributed by atoms with Crippen LogP contribution in [0, 0.1) is 0 Å². The summed E-state index contributed by atoms with van der Waals surface area (Å²) in [6, 6.07) is 0. The highest BCUT2D eigenvalue weighted by molar-refractivity contribution is 5.74. The van der Waals surface area contributed by atoms with E-state index < -0.39 is 24.4 Å². The van der Waals surface area contributed by atoms with E-state index in [1.165, 1.54) is 0 Å². The summed E-state index contributed by atoms with van der Waals surface area (Å²) in [5.74, 6) is -9.74. The number of aliphatic carboxylic acids is 1. The molecule has 0 aromatic heterocycles. The Morgan fingerprint density at radius 3 is 1.57 bits per heavy atom. The van der Waals surface area contributed by atoms with E-state index in [2.05, 4.69) is 0 Å². The summed E-state index contributed by atoms with van der Waals surface area (Å²) in [7, 11) is 0. The molecular formula is C4F7O3-. The Balaban J connectivity index is 4.87. The fraction of sp³-hybridized carbons (Fsp3) is 0.750. The first kappa shape index (κ1) is 12.9. The first-order valence-corrected chi connectivity index (χ1v) is 2.64. The Hall–Kier alpha value is -1.06. The minimum absolute atomic E-state index is 1.65. The fourth-order valence-corrected chi connectivity index (χ4v) is 0.328. The van der Waals surface area contributed by atoms with Crippen molar-refractivity contribution in [1.29, 1.82) is 0 Å². The zero-order chi connectivity index (χ0) is 11.8. The van der Waals surface area contributed by atoms with Gasteiger partial charge in [-0.05, 0) is 0 Å². The summed E-state index contributed by atoms with van der Waals surface area (Å²) in [6.45, 7) is 0. The van der Waals surface area contributed by atoms with Crippen molar-refractivity contribution in [1.82, 2.24) is 0 Å². The van der Waals surface area contributed by atoms with Gasteiger partial charge in [0.1, 0.15) is 5.97 Å². The molecule has 0 spiro atoms. The molecule has 84 valence electrons. The molecule has 0 saturated carbocycles. The average molecular weight is 229 g/mol. The van der Waals surface area contributed by atoms with Crippen molar-refractivity contribution in [3.63, 3.8) is 0 Å². The molecule has 0 amide bonds. The maximum atomic E-state index is 11.8. The van der Waals surface area contributed by atoms with Crippen LogP contribution in [0.15, 0.2) is 0 Å². The van der Waals surface area contributed by atoms with Crippen molar-refractivity contribution in [2.75, 3.05) is 0 Å². The van der Waals surface area contributed by atoms with Crippen LogP contribution in [0.3, 0.4) is 0 Å². The van der Waals surface area contributed by atoms with Crippen LogP contribution in [0.2, 0.25) is 0 Å². The van der Waals surface area contributed by atoms with E-state index in [0.29, 0.717) is 0 Å². The molecule has 0 aliphatic rings. The highest BCUT2D eigenvalue weighted by Crippen LogP contribution is 2.39. The molecule has 0 atom stereocenters. The molecule has 10 heteroatoms. The van der Waals surface area contributed by atoms with Gasteiger partial charge in [-0.2, -0.15) is 17.6 Å². The second-order valence-electron chi connectivity index (χ2n) is 1.93. The molecule has 0 aliphatic carbocycles. The minimum Gasteiger partial charge on any atom is -0.544 e. The minimum atomic E-state index is -6.22. The number of rotatable bonds is 3. The SMILES string of the molecule is O=C([O-])C(F)(F)C(F)(F)OC(F)(F)F. The molecule has 0 aromatic rings. The Morgan fingerprint density at radius 1 is 1.00 bits per heavy atom. The molecule has 0 rings (SSSR count). The van der Waals surface area contributed by atoms with Gasteiger partial charge in [0, 0.05) is 0 Å². The molecule has 0 unspecified atom stereocenters. The number of carbonyl (C=O) groups excluding carboxylic acids is 1. The molecule has 0 fully saturated rings. The molecule has 0 heterocycles. The van der Waals surface area contributed by atoms with E-state index in [-0.39, 0.29) is 0 Å². The van der Waals surface area contributed by atoms with Gasteiger partial charge < -0.3 is 9.90 Å². The van der Waals surface area contributed by atoms with E-state index in [0.717, 1.165) is 0 Å². The van der Waals surface area contributed by atoms with E-state index >= 15 is 0 Å². The van der Waals surface area contributed by atoms with Crippen LogP contribution >= 0.6 is 0 Å². The van der Waals surface area contributed by atoms with Crippen molar-refractivity contribution >= 4 is 5.97 Å². The van der Waals surface area contributed by atoms with Crippen LogP contribution in [0.25, 0.3) is 0 Å². The molecule has 0 saturated heterocycles. The fourth-order valence-electron chi connectivity index (χ4n) is 0.328. The third kappa shape index (κ3) is 2.72.